The first-order valence-electron chi connectivity index (χ1n) is 12.8. The number of carbonyl (C=O) groups excluding carboxylic acids is 1. The van der Waals surface area contributed by atoms with Crippen LogP contribution in [0.3, 0.4) is 0 Å². The Kier molecular flexibility index (Phi) is 7.92. The lowest BCUT2D eigenvalue weighted by Gasteiger charge is -2.38. The fourth-order valence-electron chi connectivity index (χ4n) is 4.89. The highest BCUT2D eigenvalue weighted by atomic mass is 32.1. The number of amides is 1. The second-order valence-corrected chi connectivity index (χ2v) is 10.6. The maximum atomic E-state index is 12.6. The molecule has 1 saturated heterocycles. The van der Waals surface area contributed by atoms with Gasteiger partial charge in [0.05, 0.1) is 11.7 Å². The molecule has 0 aliphatic carbocycles. The first-order chi connectivity index (χ1) is 18.4. The number of thiazole rings is 1. The van der Waals surface area contributed by atoms with Gasteiger partial charge in [0.1, 0.15) is 12.4 Å². The molecule has 1 fully saturated rings. The molecule has 0 bridgehead atoms. The number of ether oxygens (including phenoxy) is 3. The number of aromatic carboxylic acids is 1. The number of benzene rings is 2. The maximum absolute atomic E-state index is 12.6. The predicted molar refractivity (Wildman–Crippen MR) is 143 cm³/mol. The number of hydrogen-bond donors (Lipinski definition) is 3. The molecule has 5 rings (SSSR count). The van der Waals surface area contributed by atoms with Crippen molar-refractivity contribution in [2.75, 3.05) is 25.1 Å². The number of fused-ring (bicyclic) bond motifs is 1. The molecule has 3 N–H and O–H groups in total. The van der Waals surface area contributed by atoms with E-state index in [0.717, 1.165) is 43.5 Å². The van der Waals surface area contributed by atoms with Crippen LogP contribution >= 0.6 is 11.3 Å². The molecular formula is C28H31N3O6S. The molecule has 2 aliphatic heterocycles. The number of carbonyl (C=O) groups is 2. The van der Waals surface area contributed by atoms with Gasteiger partial charge < -0.3 is 30.0 Å². The van der Waals surface area contributed by atoms with Crippen LogP contribution in [0.5, 0.6) is 17.2 Å². The van der Waals surface area contributed by atoms with Crippen molar-refractivity contribution in [2.24, 2.45) is 0 Å². The quantitative estimate of drug-likeness (QED) is 0.332. The van der Waals surface area contributed by atoms with Crippen molar-refractivity contribution in [1.29, 1.82) is 0 Å². The zero-order valence-electron chi connectivity index (χ0n) is 21.2. The van der Waals surface area contributed by atoms with Crippen LogP contribution in [-0.2, 0) is 21.5 Å². The summed E-state index contributed by atoms with van der Waals surface area (Å²) in [7, 11) is 0. The Morgan fingerprint density at radius 2 is 2.11 bits per heavy atom. The van der Waals surface area contributed by atoms with Crippen molar-refractivity contribution < 1.29 is 28.9 Å². The fourth-order valence-corrected chi connectivity index (χ4v) is 5.43. The van der Waals surface area contributed by atoms with Crippen molar-refractivity contribution in [3.63, 3.8) is 0 Å². The van der Waals surface area contributed by atoms with E-state index in [-0.39, 0.29) is 17.6 Å². The van der Waals surface area contributed by atoms with Crippen LogP contribution < -0.4 is 20.1 Å². The third kappa shape index (κ3) is 6.15. The predicted octanol–water partition coefficient (Wildman–Crippen LogP) is 4.97. The number of carboxylic acid groups (broad SMARTS) is 1. The average molecular weight is 538 g/mol. The minimum atomic E-state index is -0.994. The van der Waals surface area contributed by atoms with E-state index in [2.05, 4.69) is 22.5 Å². The average Bonchev–Trinajstić information content (AvgIpc) is 3.62. The number of aromatic nitrogens is 1. The molecule has 3 heterocycles. The molecule has 0 spiro atoms. The number of carboxylic acids is 1. The van der Waals surface area contributed by atoms with E-state index in [0.29, 0.717) is 41.8 Å². The van der Waals surface area contributed by atoms with Gasteiger partial charge in [0.15, 0.2) is 16.6 Å². The number of rotatable bonds is 10. The smallest absolute Gasteiger partial charge is 0.335 e. The van der Waals surface area contributed by atoms with Crippen LogP contribution in [0.25, 0.3) is 0 Å². The largest absolute Gasteiger partial charge is 0.487 e. The maximum Gasteiger partial charge on any atom is 0.335 e. The van der Waals surface area contributed by atoms with Crippen molar-refractivity contribution in [3.05, 3.63) is 64.7 Å². The molecule has 1 amide bonds. The van der Waals surface area contributed by atoms with Crippen LogP contribution in [0.4, 0.5) is 5.13 Å². The highest BCUT2D eigenvalue weighted by molar-refractivity contribution is 7.13. The molecule has 1 unspecified atom stereocenters. The fraction of sp³-hybridized carbons (Fsp3) is 0.393. The van der Waals surface area contributed by atoms with Gasteiger partial charge in [-0.15, -0.1) is 11.3 Å². The highest BCUT2D eigenvalue weighted by Crippen LogP contribution is 2.41. The van der Waals surface area contributed by atoms with E-state index in [9.17, 15) is 14.7 Å². The Labute approximate surface area is 225 Å². The lowest BCUT2D eigenvalue weighted by molar-refractivity contribution is -0.116. The topological polar surface area (TPSA) is 119 Å². The van der Waals surface area contributed by atoms with Crippen molar-refractivity contribution >= 4 is 28.3 Å². The standard InChI is InChI=1S/C28H31N3O6S/c1-28(10-8-25(32)31-27-29-12-14-38-27)22-16-24(37-20-6-4-18(5-7-20)26(33)34)23(15-19(22)9-11-30-28)36-17-21-3-2-13-35-21/h4-7,12,14-16,21,30H,2-3,8-11,13,17H2,1H3,(H,33,34)(H,29,31,32)/t21?,28-/m1/s1. The van der Waals surface area contributed by atoms with E-state index in [4.69, 9.17) is 14.2 Å². The lowest BCUT2D eigenvalue weighted by Crippen LogP contribution is -2.45. The van der Waals surface area contributed by atoms with Crippen molar-refractivity contribution in [3.8, 4) is 17.2 Å². The summed E-state index contributed by atoms with van der Waals surface area (Å²) in [6.07, 6.45) is 5.43. The van der Waals surface area contributed by atoms with Gasteiger partial charge in [-0.25, -0.2) is 9.78 Å². The molecule has 38 heavy (non-hydrogen) atoms. The van der Waals surface area contributed by atoms with Crippen LogP contribution in [0.2, 0.25) is 0 Å². The van der Waals surface area contributed by atoms with Gasteiger partial charge in [0.2, 0.25) is 5.91 Å². The van der Waals surface area contributed by atoms with Crippen LogP contribution in [0.15, 0.2) is 48.0 Å². The Morgan fingerprint density at radius 3 is 2.82 bits per heavy atom. The van der Waals surface area contributed by atoms with Gasteiger partial charge in [-0.2, -0.15) is 0 Å². The van der Waals surface area contributed by atoms with Gasteiger partial charge >= 0.3 is 5.97 Å². The lowest BCUT2D eigenvalue weighted by atomic mass is 9.80. The highest BCUT2D eigenvalue weighted by Gasteiger charge is 2.34. The normalized spacial score (nSPS) is 20.5. The first-order valence-corrected chi connectivity index (χ1v) is 13.6. The van der Waals surface area contributed by atoms with E-state index in [1.165, 1.54) is 23.5 Å². The summed E-state index contributed by atoms with van der Waals surface area (Å²) in [5.41, 5.74) is 1.92. The Balaban J connectivity index is 1.39. The minimum Gasteiger partial charge on any atom is -0.487 e. The van der Waals surface area contributed by atoms with Gasteiger partial charge in [-0.3, -0.25) is 4.79 Å². The monoisotopic (exact) mass is 537 g/mol. The molecule has 200 valence electrons. The van der Waals surface area contributed by atoms with E-state index in [1.807, 2.05) is 17.5 Å². The number of nitrogens with one attached hydrogen (secondary N) is 2. The molecular weight excluding hydrogens is 506 g/mol. The van der Waals surface area contributed by atoms with Crippen LogP contribution in [0, 0.1) is 0 Å². The molecule has 2 aliphatic rings. The summed E-state index contributed by atoms with van der Waals surface area (Å²) in [6.45, 7) is 4.05. The van der Waals surface area contributed by atoms with Gasteiger partial charge in [-0.1, -0.05) is 0 Å². The molecule has 3 aromatic rings. The van der Waals surface area contributed by atoms with Crippen molar-refractivity contribution in [1.82, 2.24) is 10.3 Å². The number of hydrogen-bond acceptors (Lipinski definition) is 8. The minimum absolute atomic E-state index is 0.0528. The Morgan fingerprint density at radius 1 is 1.26 bits per heavy atom. The molecule has 2 aromatic carbocycles. The summed E-state index contributed by atoms with van der Waals surface area (Å²) in [5.74, 6) is 0.581. The molecule has 9 nitrogen and oxygen atoms in total. The van der Waals surface area contributed by atoms with Gasteiger partial charge in [-0.05, 0) is 80.1 Å². The third-order valence-corrected chi connectivity index (χ3v) is 7.67. The van der Waals surface area contributed by atoms with Gasteiger partial charge in [0.25, 0.3) is 0 Å². The zero-order valence-corrected chi connectivity index (χ0v) is 22.0. The molecule has 2 atom stereocenters. The third-order valence-electron chi connectivity index (χ3n) is 6.98. The molecule has 1 aromatic heterocycles. The molecule has 10 heteroatoms. The SMILES string of the molecule is C[C@]1(CCC(=O)Nc2nccs2)NCCc2cc(OCC3CCCO3)c(Oc3ccc(C(=O)O)cc3)cc21. The van der Waals surface area contributed by atoms with E-state index in [1.54, 1.807) is 18.3 Å². The summed E-state index contributed by atoms with van der Waals surface area (Å²) in [6, 6.07) is 10.3. The number of anilines is 1. The van der Waals surface area contributed by atoms with Crippen LogP contribution in [-0.4, -0.2) is 47.8 Å². The van der Waals surface area contributed by atoms with Crippen molar-refractivity contribution in [2.45, 2.75) is 50.7 Å². The Hall–Kier alpha value is -3.47. The summed E-state index contributed by atoms with van der Waals surface area (Å²) in [4.78, 5) is 28.0. The summed E-state index contributed by atoms with van der Waals surface area (Å²) < 4.78 is 18.2. The Bertz CT molecular complexity index is 1270. The second kappa shape index (κ2) is 11.5. The molecule has 0 saturated carbocycles. The summed E-state index contributed by atoms with van der Waals surface area (Å²) in [5, 5.41) is 18.1. The number of nitrogens with zero attached hydrogens (tertiary/aromatic N) is 1. The zero-order chi connectivity index (χ0) is 26.5. The van der Waals surface area contributed by atoms with Gasteiger partial charge in [0, 0.05) is 36.7 Å². The first kappa shape index (κ1) is 26.1. The van der Waals surface area contributed by atoms with Crippen LogP contribution in [0.1, 0.15) is 54.1 Å². The van der Waals surface area contributed by atoms with E-state index < -0.39 is 11.5 Å². The molecule has 0 radical (unpaired) electrons. The summed E-state index contributed by atoms with van der Waals surface area (Å²) >= 11 is 1.39. The van der Waals surface area contributed by atoms with E-state index >= 15 is 0 Å². The second-order valence-electron chi connectivity index (χ2n) is 9.73.